The molecule has 4 nitrogen and oxygen atoms in total. The summed E-state index contributed by atoms with van der Waals surface area (Å²) in [4.78, 5) is 14.9. The quantitative estimate of drug-likeness (QED) is 0.918. The number of nitrogens with zero attached hydrogens (tertiary/aromatic N) is 1. The van der Waals surface area contributed by atoms with Gasteiger partial charge in [-0.05, 0) is 6.07 Å². The monoisotopic (exact) mass is 261 g/mol. The van der Waals surface area contributed by atoms with Crippen molar-refractivity contribution < 1.29 is 19.0 Å². The van der Waals surface area contributed by atoms with E-state index in [2.05, 4.69) is 4.98 Å². The Kier molecular flexibility index (Phi) is 3.75. The van der Waals surface area contributed by atoms with Crippen LogP contribution in [-0.2, 0) is 11.2 Å². The number of carboxylic acids is 1. The molecule has 1 N–H and O–H groups in total. The van der Waals surface area contributed by atoms with Crippen molar-refractivity contribution >= 4 is 5.97 Å². The van der Waals surface area contributed by atoms with E-state index in [1.807, 2.05) is 0 Å². The third kappa shape index (κ3) is 2.70. The van der Waals surface area contributed by atoms with Crippen molar-refractivity contribution in [2.24, 2.45) is 0 Å². The van der Waals surface area contributed by atoms with Gasteiger partial charge in [-0.2, -0.15) is 0 Å². The van der Waals surface area contributed by atoms with Crippen LogP contribution in [0.4, 0.5) is 4.39 Å². The van der Waals surface area contributed by atoms with Gasteiger partial charge in [-0.1, -0.05) is 18.2 Å². The fraction of sp³-hybridized carbons (Fsp3) is 0.143. The summed E-state index contributed by atoms with van der Waals surface area (Å²) in [6.07, 6.45) is 2.61. The minimum Gasteiger partial charge on any atom is -0.495 e. The lowest BCUT2D eigenvalue weighted by Gasteiger charge is -2.12. The van der Waals surface area contributed by atoms with E-state index in [-0.39, 0.29) is 6.42 Å². The van der Waals surface area contributed by atoms with Crippen LogP contribution in [0.1, 0.15) is 5.56 Å². The topological polar surface area (TPSA) is 59.4 Å². The predicted octanol–water partition coefficient (Wildman–Crippen LogP) is 2.52. The Morgan fingerprint density at radius 1 is 1.32 bits per heavy atom. The molecule has 0 bridgehead atoms. The summed E-state index contributed by atoms with van der Waals surface area (Å²) >= 11 is 0. The summed E-state index contributed by atoms with van der Waals surface area (Å²) in [6.45, 7) is 0. The van der Waals surface area contributed by atoms with Crippen molar-refractivity contribution in [3.63, 3.8) is 0 Å². The Balaban J connectivity index is 2.63. The molecule has 0 saturated carbocycles. The molecule has 1 aromatic carbocycles. The molecule has 0 aliphatic heterocycles. The Morgan fingerprint density at radius 2 is 2.05 bits per heavy atom. The van der Waals surface area contributed by atoms with Gasteiger partial charge in [-0.25, -0.2) is 4.39 Å². The first-order valence-electron chi connectivity index (χ1n) is 5.61. The van der Waals surface area contributed by atoms with Gasteiger partial charge in [0, 0.05) is 22.9 Å². The molecular formula is C14H12FNO3. The first-order chi connectivity index (χ1) is 9.13. The van der Waals surface area contributed by atoms with E-state index in [9.17, 15) is 9.18 Å². The zero-order valence-corrected chi connectivity index (χ0v) is 10.3. The molecule has 98 valence electrons. The smallest absolute Gasteiger partial charge is 0.307 e. The van der Waals surface area contributed by atoms with Crippen molar-refractivity contribution in [1.29, 1.82) is 0 Å². The fourth-order valence-electron chi connectivity index (χ4n) is 1.89. The number of hydrogen-bond acceptors (Lipinski definition) is 3. The van der Waals surface area contributed by atoms with Gasteiger partial charge >= 0.3 is 5.97 Å². The zero-order valence-electron chi connectivity index (χ0n) is 10.3. The van der Waals surface area contributed by atoms with Crippen LogP contribution < -0.4 is 4.74 Å². The Bertz CT molecular complexity index is 613. The summed E-state index contributed by atoms with van der Waals surface area (Å²) in [5, 5.41) is 8.96. The number of ether oxygens (including phenoxy) is 1. The van der Waals surface area contributed by atoms with E-state index in [4.69, 9.17) is 9.84 Å². The summed E-state index contributed by atoms with van der Waals surface area (Å²) in [5.74, 6) is -1.10. The number of pyridine rings is 1. The lowest BCUT2D eigenvalue weighted by Crippen LogP contribution is -2.05. The average molecular weight is 261 g/mol. The number of halogens is 1. The molecule has 5 heteroatoms. The lowest BCUT2D eigenvalue weighted by molar-refractivity contribution is -0.136. The summed E-state index contributed by atoms with van der Waals surface area (Å²) < 4.78 is 18.9. The molecule has 1 heterocycles. The molecule has 0 saturated heterocycles. The van der Waals surface area contributed by atoms with Crippen LogP contribution in [0.2, 0.25) is 0 Å². The number of hydrogen-bond donors (Lipinski definition) is 1. The number of aliphatic carboxylic acids is 1. The Labute approximate surface area is 109 Å². The van der Waals surface area contributed by atoms with E-state index < -0.39 is 11.8 Å². The largest absolute Gasteiger partial charge is 0.495 e. The SMILES string of the molecule is COc1cncc(-c2ccccc2F)c1CC(=O)O. The molecule has 0 aliphatic rings. The lowest BCUT2D eigenvalue weighted by atomic mass is 9.99. The molecule has 0 spiro atoms. The number of methoxy groups -OCH3 is 1. The molecular weight excluding hydrogens is 249 g/mol. The molecule has 0 unspecified atom stereocenters. The minimum atomic E-state index is -1.01. The molecule has 2 aromatic rings. The molecule has 0 aliphatic carbocycles. The van der Waals surface area contributed by atoms with Gasteiger partial charge in [-0.3, -0.25) is 9.78 Å². The van der Waals surface area contributed by atoms with E-state index in [0.717, 1.165) is 0 Å². The number of aromatic nitrogens is 1. The van der Waals surface area contributed by atoms with Crippen LogP contribution in [0.15, 0.2) is 36.7 Å². The maximum atomic E-state index is 13.8. The van der Waals surface area contributed by atoms with E-state index in [1.165, 1.54) is 25.6 Å². The van der Waals surface area contributed by atoms with Crippen molar-refractivity contribution in [3.05, 3.63) is 48.0 Å². The first-order valence-corrected chi connectivity index (χ1v) is 5.61. The van der Waals surface area contributed by atoms with Gasteiger partial charge in [0.2, 0.25) is 0 Å². The van der Waals surface area contributed by atoms with Gasteiger partial charge in [0.15, 0.2) is 0 Å². The minimum absolute atomic E-state index is 0.255. The summed E-state index contributed by atoms with van der Waals surface area (Å²) in [5.41, 5.74) is 1.15. The van der Waals surface area contributed by atoms with Crippen molar-refractivity contribution in [3.8, 4) is 16.9 Å². The Morgan fingerprint density at radius 3 is 2.68 bits per heavy atom. The van der Waals surface area contributed by atoms with Gasteiger partial charge < -0.3 is 9.84 Å². The van der Waals surface area contributed by atoms with Crippen LogP contribution >= 0.6 is 0 Å². The second kappa shape index (κ2) is 5.48. The zero-order chi connectivity index (χ0) is 13.8. The number of carboxylic acid groups (broad SMARTS) is 1. The van der Waals surface area contributed by atoms with Crippen LogP contribution in [-0.4, -0.2) is 23.2 Å². The number of benzene rings is 1. The number of carbonyl (C=O) groups is 1. The standard InChI is InChI=1S/C14H12FNO3/c1-19-13-8-16-7-11(10(13)6-14(17)18)9-4-2-3-5-12(9)15/h2-5,7-8H,6H2,1H3,(H,17,18). The number of rotatable bonds is 4. The second-order valence-electron chi connectivity index (χ2n) is 3.92. The van der Waals surface area contributed by atoms with Gasteiger partial charge in [0.1, 0.15) is 11.6 Å². The van der Waals surface area contributed by atoms with Crippen molar-refractivity contribution in [2.75, 3.05) is 7.11 Å². The third-order valence-corrected chi connectivity index (χ3v) is 2.73. The molecule has 2 rings (SSSR count). The highest BCUT2D eigenvalue weighted by Crippen LogP contribution is 2.31. The molecule has 0 atom stereocenters. The molecule has 0 radical (unpaired) electrons. The molecule has 0 amide bonds. The third-order valence-electron chi connectivity index (χ3n) is 2.73. The van der Waals surface area contributed by atoms with E-state index in [0.29, 0.717) is 22.4 Å². The normalized spacial score (nSPS) is 10.2. The van der Waals surface area contributed by atoms with Crippen molar-refractivity contribution in [1.82, 2.24) is 4.98 Å². The first kappa shape index (κ1) is 13.0. The van der Waals surface area contributed by atoms with Crippen LogP contribution in [0.5, 0.6) is 5.75 Å². The average Bonchev–Trinajstić information content (AvgIpc) is 2.39. The predicted molar refractivity (Wildman–Crippen MR) is 67.5 cm³/mol. The van der Waals surface area contributed by atoms with Crippen LogP contribution in [0.3, 0.4) is 0 Å². The molecule has 19 heavy (non-hydrogen) atoms. The highest BCUT2D eigenvalue weighted by Gasteiger charge is 2.16. The maximum Gasteiger partial charge on any atom is 0.307 e. The summed E-state index contributed by atoms with van der Waals surface area (Å²) in [7, 11) is 1.42. The van der Waals surface area contributed by atoms with Gasteiger partial charge in [-0.15, -0.1) is 0 Å². The fourth-order valence-corrected chi connectivity index (χ4v) is 1.89. The van der Waals surface area contributed by atoms with E-state index in [1.54, 1.807) is 18.2 Å². The highest BCUT2D eigenvalue weighted by molar-refractivity contribution is 5.78. The summed E-state index contributed by atoms with van der Waals surface area (Å²) in [6, 6.07) is 6.15. The Hall–Kier alpha value is -2.43. The molecule has 0 fully saturated rings. The van der Waals surface area contributed by atoms with Crippen LogP contribution in [0.25, 0.3) is 11.1 Å². The van der Waals surface area contributed by atoms with Crippen LogP contribution in [0, 0.1) is 5.82 Å². The highest BCUT2D eigenvalue weighted by atomic mass is 19.1. The van der Waals surface area contributed by atoms with E-state index >= 15 is 0 Å². The molecule has 1 aromatic heterocycles. The second-order valence-corrected chi connectivity index (χ2v) is 3.92. The van der Waals surface area contributed by atoms with Gasteiger partial charge in [0.05, 0.1) is 19.7 Å². The van der Waals surface area contributed by atoms with Crippen molar-refractivity contribution in [2.45, 2.75) is 6.42 Å². The maximum absolute atomic E-state index is 13.8. The van der Waals surface area contributed by atoms with Gasteiger partial charge in [0.25, 0.3) is 0 Å².